The molecule has 28 heavy (non-hydrogen) atoms. The number of aromatic amines is 2. The van der Waals surface area contributed by atoms with Gasteiger partial charge in [-0.3, -0.25) is 9.59 Å². The predicted molar refractivity (Wildman–Crippen MR) is 108 cm³/mol. The number of nitrogens with one attached hydrogen (secondary N) is 3. The van der Waals surface area contributed by atoms with E-state index in [9.17, 15) is 14.4 Å². The van der Waals surface area contributed by atoms with Crippen molar-refractivity contribution in [2.45, 2.75) is 6.92 Å². The molecule has 0 saturated carbocycles. The van der Waals surface area contributed by atoms with Gasteiger partial charge in [0.25, 0.3) is 5.91 Å². The minimum absolute atomic E-state index is 0.212. The molecule has 0 spiro atoms. The van der Waals surface area contributed by atoms with E-state index in [-0.39, 0.29) is 17.0 Å². The maximum absolute atomic E-state index is 12.9. The molecule has 4 aromatic rings. The van der Waals surface area contributed by atoms with Crippen molar-refractivity contribution in [1.82, 2.24) is 9.97 Å². The number of carbonyl (C=O) groups is 2. The number of benzene rings is 3. The van der Waals surface area contributed by atoms with E-state index in [1.54, 1.807) is 54.6 Å². The van der Waals surface area contributed by atoms with Crippen molar-refractivity contribution in [3.63, 3.8) is 0 Å². The van der Waals surface area contributed by atoms with Crippen molar-refractivity contribution in [3.05, 3.63) is 99.5 Å². The van der Waals surface area contributed by atoms with Gasteiger partial charge in [-0.15, -0.1) is 0 Å². The van der Waals surface area contributed by atoms with Crippen LogP contribution in [0.5, 0.6) is 0 Å². The van der Waals surface area contributed by atoms with Crippen molar-refractivity contribution in [1.29, 1.82) is 0 Å². The van der Waals surface area contributed by atoms with Gasteiger partial charge in [0.05, 0.1) is 16.6 Å². The summed E-state index contributed by atoms with van der Waals surface area (Å²) in [6.45, 7) is 1.95. The molecule has 0 saturated heterocycles. The summed E-state index contributed by atoms with van der Waals surface area (Å²) in [4.78, 5) is 42.4. The van der Waals surface area contributed by atoms with Crippen molar-refractivity contribution in [2.24, 2.45) is 0 Å². The van der Waals surface area contributed by atoms with Crippen LogP contribution in [0.15, 0.2) is 71.5 Å². The molecule has 1 heterocycles. The molecular weight excluding hydrogens is 354 g/mol. The first-order chi connectivity index (χ1) is 13.5. The molecule has 1 amide bonds. The molecule has 0 aliphatic heterocycles. The lowest BCUT2D eigenvalue weighted by Gasteiger charge is -2.10. The first kappa shape index (κ1) is 17.5. The largest absolute Gasteiger partial charge is 0.323 e. The number of carbonyl (C=O) groups excluding carboxylic acids is 2. The van der Waals surface area contributed by atoms with Gasteiger partial charge < -0.3 is 15.3 Å². The fraction of sp³-hybridized carbons (Fsp3) is 0.0455. The molecule has 0 unspecified atom stereocenters. The lowest BCUT2D eigenvalue weighted by atomic mass is 9.97. The molecule has 1 aromatic heterocycles. The Bertz CT molecular complexity index is 1250. The normalized spacial score (nSPS) is 10.8. The van der Waals surface area contributed by atoms with E-state index >= 15 is 0 Å². The zero-order valence-electron chi connectivity index (χ0n) is 15.1. The number of rotatable bonds is 4. The molecule has 6 heteroatoms. The first-order valence-electron chi connectivity index (χ1n) is 8.75. The van der Waals surface area contributed by atoms with Crippen molar-refractivity contribution in [2.75, 3.05) is 5.32 Å². The summed E-state index contributed by atoms with van der Waals surface area (Å²) in [6, 6.07) is 19.0. The Morgan fingerprint density at radius 3 is 2.25 bits per heavy atom. The Morgan fingerprint density at radius 2 is 1.50 bits per heavy atom. The van der Waals surface area contributed by atoms with E-state index in [0.29, 0.717) is 27.8 Å². The summed E-state index contributed by atoms with van der Waals surface area (Å²) in [5.74, 6) is -0.607. The van der Waals surface area contributed by atoms with Gasteiger partial charge in [-0.25, -0.2) is 4.79 Å². The van der Waals surface area contributed by atoms with Gasteiger partial charge in [-0.1, -0.05) is 48.0 Å². The van der Waals surface area contributed by atoms with Crippen molar-refractivity contribution in [3.8, 4) is 0 Å². The molecule has 4 rings (SSSR count). The van der Waals surface area contributed by atoms with Gasteiger partial charge in [-0.05, 0) is 31.2 Å². The molecule has 138 valence electrons. The molecule has 0 radical (unpaired) electrons. The highest BCUT2D eigenvalue weighted by molar-refractivity contribution is 6.17. The zero-order chi connectivity index (χ0) is 19.7. The smallest absolute Gasteiger partial charge is 0.322 e. The van der Waals surface area contributed by atoms with Crippen molar-refractivity contribution < 1.29 is 9.59 Å². The molecule has 0 aliphatic rings. The minimum Gasteiger partial charge on any atom is -0.322 e. The minimum atomic E-state index is -0.395. The maximum Gasteiger partial charge on any atom is 0.323 e. The summed E-state index contributed by atoms with van der Waals surface area (Å²) in [5, 5.41) is 2.79. The van der Waals surface area contributed by atoms with Crippen LogP contribution in [0, 0.1) is 6.92 Å². The second-order valence-electron chi connectivity index (χ2n) is 6.53. The van der Waals surface area contributed by atoms with E-state index in [1.807, 2.05) is 19.1 Å². The van der Waals surface area contributed by atoms with E-state index in [4.69, 9.17) is 0 Å². The Hall–Kier alpha value is -3.93. The van der Waals surface area contributed by atoms with Gasteiger partial charge in [0, 0.05) is 16.8 Å². The Balaban J connectivity index is 1.64. The molecule has 6 nitrogen and oxygen atoms in total. The third-order valence-corrected chi connectivity index (χ3v) is 4.50. The third-order valence-electron chi connectivity index (χ3n) is 4.50. The highest BCUT2D eigenvalue weighted by Gasteiger charge is 2.18. The van der Waals surface area contributed by atoms with Crippen LogP contribution < -0.4 is 11.0 Å². The van der Waals surface area contributed by atoms with Crippen LogP contribution in [0.1, 0.15) is 31.8 Å². The number of aryl methyl sites for hydroxylation is 1. The van der Waals surface area contributed by atoms with Gasteiger partial charge in [-0.2, -0.15) is 0 Å². The van der Waals surface area contributed by atoms with Crippen LogP contribution in [0.25, 0.3) is 11.0 Å². The van der Waals surface area contributed by atoms with E-state index in [0.717, 1.165) is 5.56 Å². The summed E-state index contributed by atoms with van der Waals surface area (Å²) >= 11 is 0. The Labute approximate surface area is 160 Å². The SMILES string of the molecule is Cc1ccc(C(=O)c2ccccc2C(=O)Nc2ccc3[nH]c(=O)[nH]c3c2)cc1. The molecule has 0 fully saturated rings. The number of ketones is 1. The number of hydrogen-bond acceptors (Lipinski definition) is 3. The highest BCUT2D eigenvalue weighted by atomic mass is 16.2. The topological polar surface area (TPSA) is 94.8 Å². The van der Waals surface area contributed by atoms with Crippen LogP contribution in [-0.4, -0.2) is 21.7 Å². The molecule has 3 aromatic carbocycles. The number of amides is 1. The quantitative estimate of drug-likeness (QED) is 0.478. The highest BCUT2D eigenvalue weighted by Crippen LogP contribution is 2.19. The molecule has 0 atom stereocenters. The fourth-order valence-corrected chi connectivity index (χ4v) is 3.05. The van der Waals surface area contributed by atoms with Crippen LogP contribution in [0.4, 0.5) is 5.69 Å². The number of fused-ring (bicyclic) bond motifs is 1. The molecule has 0 bridgehead atoms. The van der Waals surface area contributed by atoms with E-state index in [1.165, 1.54) is 0 Å². The summed E-state index contributed by atoms with van der Waals surface area (Å²) in [7, 11) is 0. The van der Waals surface area contributed by atoms with Crippen LogP contribution in [-0.2, 0) is 0 Å². The third kappa shape index (κ3) is 3.35. The average molecular weight is 371 g/mol. The van der Waals surface area contributed by atoms with E-state index in [2.05, 4.69) is 15.3 Å². The zero-order valence-corrected chi connectivity index (χ0v) is 15.1. The Kier molecular flexibility index (Phi) is 4.37. The van der Waals surface area contributed by atoms with Gasteiger partial charge in [0.1, 0.15) is 0 Å². The molecule has 0 aliphatic carbocycles. The standard InChI is InChI=1S/C22H17N3O3/c1-13-6-8-14(9-7-13)20(26)16-4-2-3-5-17(16)21(27)23-15-10-11-18-19(12-15)25-22(28)24-18/h2-12H,1H3,(H,23,27)(H2,24,25,28). The number of imidazole rings is 1. The molecular formula is C22H17N3O3. The van der Waals surface area contributed by atoms with Gasteiger partial charge >= 0.3 is 5.69 Å². The fourth-order valence-electron chi connectivity index (χ4n) is 3.05. The Morgan fingerprint density at radius 1 is 0.821 bits per heavy atom. The predicted octanol–water partition coefficient (Wildman–Crippen LogP) is 3.65. The number of hydrogen-bond donors (Lipinski definition) is 3. The van der Waals surface area contributed by atoms with Gasteiger partial charge in [0.15, 0.2) is 5.78 Å². The first-order valence-corrected chi connectivity index (χ1v) is 8.75. The molecule has 3 N–H and O–H groups in total. The van der Waals surface area contributed by atoms with Crippen LogP contribution in [0.3, 0.4) is 0 Å². The van der Waals surface area contributed by atoms with Crippen LogP contribution >= 0.6 is 0 Å². The number of anilines is 1. The van der Waals surface area contributed by atoms with Gasteiger partial charge in [0.2, 0.25) is 0 Å². The summed E-state index contributed by atoms with van der Waals surface area (Å²) in [6.07, 6.45) is 0. The monoisotopic (exact) mass is 371 g/mol. The average Bonchev–Trinajstić information content (AvgIpc) is 3.07. The lowest BCUT2D eigenvalue weighted by Crippen LogP contribution is -2.17. The maximum atomic E-state index is 12.9. The second kappa shape index (κ2) is 7.00. The number of aromatic nitrogens is 2. The van der Waals surface area contributed by atoms with E-state index < -0.39 is 5.91 Å². The van der Waals surface area contributed by atoms with Crippen LogP contribution in [0.2, 0.25) is 0 Å². The second-order valence-corrected chi connectivity index (χ2v) is 6.53. The number of H-pyrrole nitrogens is 2. The lowest BCUT2D eigenvalue weighted by molar-refractivity contribution is 0.0996. The summed E-state index contributed by atoms with van der Waals surface area (Å²) < 4.78 is 0. The summed E-state index contributed by atoms with van der Waals surface area (Å²) in [5.41, 5.74) is 3.65. The van der Waals surface area contributed by atoms with Crippen molar-refractivity contribution >= 4 is 28.4 Å².